The van der Waals surface area contributed by atoms with Crippen LogP contribution >= 0.6 is 11.3 Å². The van der Waals surface area contributed by atoms with Gasteiger partial charge in [0.2, 0.25) is 0 Å². The van der Waals surface area contributed by atoms with Crippen molar-refractivity contribution in [1.82, 2.24) is 4.98 Å². The third-order valence-corrected chi connectivity index (χ3v) is 3.43. The predicted octanol–water partition coefficient (Wildman–Crippen LogP) is 2.74. The highest BCUT2D eigenvalue weighted by Gasteiger charge is 2.05. The molecule has 5 heteroatoms. The standard InChI is InChI=1S/C14H20N2O2S/c1-10(2)7-18-8-12(17)6-15-11-3-4-13-14(5-11)19-9-16-13/h3-5,9-10,12,15,17H,6-8H2,1-2H3. The molecule has 104 valence electrons. The van der Waals surface area contributed by atoms with Gasteiger partial charge in [0.25, 0.3) is 0 Å². The number of aliphatic hydroxyl groups is 1. The van der Waals surface area contributed by atoms with Gasteiger partial charge in [0.05, 0.1) is 28.4 Å². The summed E-state index contributed by atoms with van der Waals surface area (Å²) in [4.78, 5) is 4.23. The topological polar surface area (TPSA) is 54.4 Å². The van der Waals surface area contributed by atoms with Crippen LogP contribution in [0, 0.1) is 5.92 Å². The summed E-state index contributed by atoms with van der Waals surface area (Å²) in [6, 6.07) is 6.01. The molecule has 2 rings (SSSR count). The highest BCUT2D eigenvalue weighted by atomic mass is 32.1. The molecule has 4 nitrogen and oxygen atoms in total. The second kappa shape index (κ2) is 6.84. The molecule has 0 fully saturated rings. The molecule has 0 amide bonds. The lowest BCUT2D eigenvalue weighted by Crippen LogP contribution is -2.25. The largest absolute Gasteiger partial charge is 0.389 e. The van der Waals surface area contributed by atoms with Gasteiger partial charge >= 0.3 is 0 Å². The fraction of sp³-hybridized carbons (Fsp3) is 0.500. The molecule has 0 spiro atoms. The van der Waals surface area contributed by atoms with Crippen molar-refractivity contribution in [1.29, 1.82) is 0 Å². The Balaban J connectivity index is 1.77. The van der Waals surface area contributed by atoms with E-state index in [0.29, 0.717) is 25.7 Å². The fourth-order valence-electron chi connectivity index (χ4n) is 1.70. The van der Waals surface area contributed by atoms with Crippen molar-refractivity contribution >= 4 is 27.2 Å². The molecule has 0 saturated carbocycles. The van der Waals surface area contributed by atoms with Crippen LogP contribution in [-0.4, -0.2) is 36.0 Å². The number of thiazole rings is 1. The molecule has 1 aromatic heterocycles. The van der Waals surface area contributed by atoms with Crippen LogP contribution in [0.15, 0.2) is 23.7 Å². The minimum atomic E-state index is -0.490. The van der Waals surface area contributed by atoms with Crippen molar-refractivity contribution in [2.75, 3.05) is 25.1 Å². The highest BCUT2D eigenvalue weighted by molar-refractivity contribution is 7.16. The van der Waals surface area contributed by atoms with Crippen LogP contribution < -0.4 is 5.32 Å². The Morgan fingerprint density at radius 3 is 3.00 bits per heavy atom. The Hall–Kier alpha value is -1.17. The van der Waals surface area contributed by atoms with Crippen LogP contribution in [0.5, 0.6) is 0 Å². The lowest BCUT2D eigenvalue weighted by Gasteiger charge is -2.14. The zero-order valence-corrected chi connectivity index (χ0v) is 12.1. The quantitative estimate of drug-likeness (QED) is 0.819. The van der Waals surface area contributed by atoms with E-state index in [4.69, 9.17) is 4.74 Å². The number of fused-ring (bicyclic) bond motifs is 1. The number of hydrogen-bond acceptors (Lipinski definition) is 5. The van der Waals surface area contributed by atoms with Crippen molar-refractivity contribution in [3.05, 3.63) is 23.7 Å². The Morgan fingerprint density at radius 2 is 2.21 bits per heavy atom. The van der Waals surface area contributed by atoms with Crippen molar-refractivity contribution in [2.24, 2.45) is 5.92 Å². The number of aliphatic hydroxyl groups excluding tert-OH is 1. The summed E-state index contributed by atoms with van der Waals surface area (Å²) >= 11 is 1.61. The molecular weight excluding hydrogens is 260 g/mol. The molecule has 0 saturated heterocycles. The van der Waals surface area contributed by atoms with Crippen molar-refractivity contribution < 1.29 is 9.84 Å². The first kappa shape index (κ1) is 14.2. The first-order valence-corrected chi connectivity index (χ1v) is 7.36. The molecule has 0 aliphatic heterocycles. The second-order valence-corrected chi connectivity index (χ2v) is 5.89. The van der Waals surface area contributed by atoms with Crippen molar-refractivity contribution in [2.45, 2.75) is 20.0 Å². The lowest BCUT2D eigenvalue weighted by atomic mass is 10.2. The molecule has 1 heterocycles. The van der Waals surface area contributed by atoms with E-state index in [1.165, 1.54) is 0 Å². The highest BCUT2D eigenvalue weighted by Crippen LogP contribution is 2.21. The van der Waals surface area contributed by atoms with E-state index < -0.39 is 6.10 Å². The molecule has 0 radical (unpaired) electrons. The maximum atomic E-state index is 9.80. The average molecular weight is 280 g/mol. The number of rotatable bonds is 7. The molecule has 0 aliphatic rings. The summed E-state index contributed by atoms with van der Waals surface area (Å²) < 4.78 is 6.55. The number of ether oxygens (including phenoxy) is 1. The summed E-state index contributed by atoms with van der Waals surface area (Å²) in [6.45, 7) is 5.73. The molecule has 0 aliphatic carbocycles. The number of anilines is 1. The fourth-order valence-corrected chi connectivity index (χ4v) is 2.42. The Bertz CT molecular complexity index is 513. The average Bonchev–Trinajstić information content (AvgIpc) is 2.83. The van der Waals surface area contributed by atoms with Gasteiger partial charge in [0.15, 0.2) is 0 Å². The van der Waals surface area contributed by atoms with Gasteiger partial charge in [-0.2, -0.15) is 0 Å². The van der Waals surface area contributed by atoms with E-state index >= 15 is 0 Å². The van der Waals surface area contributed by atoms with E-state index in [9.17, 15) is 5.11 Å². The minimum absolute atomic E-state index is 0.369. The summed E-state index contributed by atoms with van der Waals surface area (Å²) in [5.41, 5.74) is 3.85. The maximum absolute atomic E-state index is 9.80. The van der Waals surface area contributed by atoms with Gasteiger partial charge in [-0.25, -0.2) is 4.98 Å². The van der Waals surface area contributed by atoms with Gasteiger partial charge in [-0.3, -0.25) is 0 Å². The van der Waals surface area contributed by atoms with Gasteiger partial charge in [0.1, 0.15) is 0 Å². The van der Waals surface area contributed by atoms with Gasteiger partial charge in [-0.1, -0.05) is 13.8 Å². The molecule has 19 heavy (non-hydrogen) atoms. The SMILES string of the molecule is CC(C)COCC(O)CNc1ccc2ncsc2c1. The summed E-state index contributed by atoms with van der Waals surface area (Å²) in [5.74, 6) is 0.494. The zero-order valence-electron chi connectivity index (χ0n) is 11.3. The molecule has 1 unspecified atom stereocenters. The molecular formula is C14H20N2O2S. The van der Waals surface area contributed by atoms with Crippen LogP contribution in [0.2, 0.25) is 0 Å². The molecule has 1 aromatic carbocycles. The van der Waals surface area contributed by atoms with Gasteiger partial charge < -0.3 is 15.2 Å². The van der Waals surface area contributed by atoms with Gasteiger partial charge in [-0.05, 0) is 24.1 Å². The summed E-state index contributed by atoms with van der Waals surface area (Å²) in [7, 11) is 0. The summed E-state index contributed by atoms with van der Waals surface area (Å²) in [5, 5.41) is 13.0. The van der Waals surface area contributed by atoms with Gasteiger partial charge in [-0.15, -0.1) is 11.3 Å². The second-order valence-electron chi connectivity index (χ2n) is 5.00. The van der Waals surface area contributed by atoms with E-state index in [1.54, 1.807) is 11.3 Å². The number of hydrogen-bond donors (Lipinski definition) is 2. The zero-order chi connectivity index (χ0) is 13.7. The smallest absolute Gasteiger partial charge is 0.0945 e. The van der Waals surface area contributed by atoms with Crippen LogP contribution in [0.25, 0.3) is 10.2 Å². The van der Waals surface area contributed by atoms with Crippen molar-refractivity contribution in [3.8, 4) is 0 Å². The Kier molecular flexibility index (Phi) is 5.13. The predicted molar refractivity (Wildman–Crippen MR) is 79.8 cm³/mol. The van der Waals surface area contributed by atoms with E-state index in [2.05, 4.69) is 30.2 Å². The number of aromatic nitrogens is 1. The number of nitrogens with zero attached hydrogens (tertiary/aromatic N) is 1. The van der Waals surface area contributed by atoms with Crippen molar-refractivity contribution in [3.63, 3.8) is 0 Å². The minimum Gasteiger partial charge on any atom is -0.389 e. The first-order chi connectivity index (χ1) is 9.15. The van der Waals surface area contributed by atoms with Crippen LogP contribution in [0.3, 0.4) is 0 Å². The Labute approximate surface area is 117 Å². The monoisotopic (exact) mass is 280 g/mol. The Morgan fingerprint density at radius 1 is 1.37 bits per heavy atom. The van der Waals surface area contributed by atoms with Gasteiger partial charge in [0, 0.05) is 18.8 Å². The third-order valence-electron chi connectivity index (χ3n) is 2.63. The number of nitrogens with one attached hydrogen (secondary N) is 1. The maximum Gasteiger partial charge on any atom is 0.0945 e. The number of benzene rings is 1. The van der Waals surface area contributed by atoms with Crippen LogP contribution in [-0.2, 0) is 4.74 Å². The molecule has 1 atom stereocenters. The van der Waals surface area contributed by atoms with E-state index in [1.807, 2.05) is 17.6 Å². The molecule has 2 N–H and O–H groups in total. The molecule has 0 bridgehead atoms. The third kappa shape index (κ3) is 4.45. The molecule has 2 aromatic rings. The van der Waals surface area contributed by atoms with Crippen LogP contribution in [0.4, 0.5) is 5.69 Å². The summed E-state index contributed by atoms with van der Waals surface area (Å²) in [6.07, 6.45) is -0.490. The van der Waals surface area contributed by atoms with E-state index in [-0.39, 0.29) is 0 Å². The van der Waals surface area contributed by atoms with E-state index in [0.717, 1.165) is 15.9 Å². The van der Waals surface area contributed by atoms with Crippen LogP contribution in [0.1, 0.15) is 13.8 Å². The normalized spacial score (nSPS) is 13.1. The first-order valence-electron chi connectivity index (χ1n) is 6.48. The lowest BCUT2D eigenvalue weighted by molar-refractivity contribution is 0.0318.